The van der Waals surface area contributed by atoms with Crippen molar-refractivity contribution in [2.24, 2.45) is 0 Å². The lowest BCUT2D eigenvalue weighted by molar-refractivity contribution is -0.130. The SMILES string of the molecule is CCCC(C(=O)NNC(=O)COc1ccccc1C#N)c1ccccc1. The van der Waals surface area contributed by atoms with Gasteiger partial charge in [-0.25, -0.2) is 0 Å². The maximum Gasteiger partial charge on any atom is 0.276 e. The van der Waals surface area contributed by atoms with Crippen LogP contribution < -0.4 is 15.6 Å². The summed E-state index contributed by atoms with van der Waals surface area (Å²) in [7, 11) is 0. The number of hydrogen-bond donors (Lipinski definition) is 2. The monoisotopic (exact) mass is 351 g/mol. The van der Waals surface area contributed by atoms with E-state index in [-0.39, 0.29) is 18.4 Å². The molecule has 1 atom stereocenters. The first-order chi connectivity index (χ1) is 12.7. The van der Waals surface area contributed by atoms with Gasteiger partial charge >= 0.3 is 0 Å². The number of carbonyl (C=O) groups is 2. The molecule has 0 bridgehead atoms. The zero-order valence-electron chi connectivity index (χ0n) is 14.6. The highest BCUT2D eigenvalue weighted by Gasteiger charge is 2.20. The molecule has 2 aromatic carbocycles. The van der Waals surface area contributed by atoms with Gasteiger partial charge in [0.15, 0.2) is 6.61 Å². The molecule has 2 amide bonds. The van der Waals surface area contributed by atoms with Crippen LogP contribution in [0.5, 0.6) is 5.75 Å². The van der Waals surface area contributed by atoms with Crippen LogP contribution in [-0.2, 0) is 9.59 Å². The molecule has 0 saturated carbocycles. The van der Waals surface area contributed by atoms with E-state index in [4.69, 9.17) is 10.00 Å². The Hall–Kier alpha value is -3.33. The largest absolute Gasteiger partial charge is 0.482 e. The summed E-state index contributed by atoms with van der Waals surface area (Å²) >= 11 is 0. The van der Waals surface area contributed by atoms with Crippen LogP contribution in [0.2, 0.25) is 0 Å². The molecule has 134 valence electrons. The molecule has 0 aliphatic heterocycles. The number of hydrazine groups is 1. The molecule has 26 heavy (non-hydrogen) atoms. The Morgan fingerprint density at radius 2 is 1.77 bits per heavy atom. The molecule has 0 radical (unpaired) electrons. The van der Waals surface area contributed by atoms with Crippen molar-refractivity contribution < 1.29 is 14.3 Å². The van der Waals surface area contributed by atoms with Gasteiger partial charge in [0, 0.05) is 0 Å². The van der Waals surface area contributed by atoms with Gasteiger partial charge in [-0.2, -0.15) is 5.26 Å². The number of hydrogen-bond acceptors (Lipinski definition) is 4. The third-order valence-electron chi connectivity index (χ3n) is 3.79. The molecule has 2 aromatic rings. The minimum absolute atomic E-state index is 0.274. The van der Waals surface area contributed by atoms with Gasteiger partial charge in [0.1, 0.15) is 11.8 Å². The molecule has 0 spiro atoms. The Labute approximate surface area is 152 Å². The number of nitrogens with one attached hydrogen (secondary N) is 2. The average molecular weight is 351 g/mol. The molecule has 0 aliphatic carbocycles. The summed E-state index contributed by atoms with van der Waals surface area (Å²) in [6.45, 7) is 1.70. The lowest BCUT2D eigenvalue weighted by atomic mass is 9.94. The van der Waals surface area contributed by atoms with Crippen LogP contribution in [0.3, 0.4) is 0 Å². The zero-order valence-corrected chi connectivity index (χ0v) is 14.6. The van der Waals surface area contributed by atoms with Crippen molar-refractivity contribution in [1.29, 1.82) is 5.26 Å². The summed E-state index contributed by atoms with van der Waals surface area (Å²) in [5.41, 5.74) is 6.05. The summed E-state index contributed by atoms with van der Waals surface area (Å²) < 4.78 is 5.33. The number of benzene rings is 2. The Kier molecular flexibility index (Phi) is 7.19. The van der Waals surface area contributed by atoms with Gasteiger partial charge in [-0.1, -0.05) is 55.8 Å². The zero-order chi connectivity index (χ0) is 18.8. The molecule has 2 rings (SSSR count). The Morgan fingerprint density at radius 3 is 2.46 bits per heavy atom. The van der Waals surface area contributed by atoms with Crippen molar-refractivity contribution in [3.63, 3.8) is 0 Å². The molecule has 2 N–H and O–H groups in total. The number of amides is 2. The van der Waals surface area contributed by atoms with Crippen LogP contribution in [0.25, 0.3) is 0 Å². The molecular formula is C20H21N3O3. The first kappa shape index (κ1) is 19.0. The van der Waals surface area contributed by atoms with Crippen molar-refractivity contribution in [3.05, 3.63) is 65.7 Å². The second kappa shape index (κ2) is 9.84. The van der Waals surface area contributed by atoms with E-state index in [0.29, 0.717) is 17.7 Å². The molecular weight excluding hydrogens is 330 g/mol. The number of carbonyl (C=O) groups excluding carboxylic acids is 2. The number of ether oxygens (including phenoxy) is 1. The van der Waals surface area contributed by atoms with E-state index in [1.165, 1.54) is 0 Å². The predicted molar refractivity (Wildman–Crippen MR) is 97.0 cm³/mol. The van der Waals surface area contributed by atoms with Crippen molar-refractivity contribution in [2.75, 3.05) is 6.61 Å². The van der Waals surface area contributed by atoms with Gasteiger partial charge in [-0.05, 0) is 24.1 Å². The van der Waals surface area contributed by atoms with Gasteiger partial charge in [0.05, 0.1) is 11.5 Å². The van der Waals surface area contributed by atoms with Gasteiger partial charge in [-0.15, -0.1) is 0 Å². The second-order valence-corrected chi connectivity index (χ2v) is 5.69. The van der Waals surface area contributed by atoms with Crippen LogP contribution in [-0.4, -0.2) is 18.4 Å². The highest BCUT2D eigenvalue weighted by Crippen LogP contribution is 2.21. The standard InChI is InChI=1S/C20H21N3O3/c1-2-8-17(15-9-4-3-5-10-15)20(25)23-22-19(24)14-26-18-12-7-6-11-16(18)13-21/h3-7,9-12,17H,2,8,14H2,1H3,(H,22,24)(H,23,25). The fourth-order valence-corrected chi connectivity index (χ4v) is 2.51. The van der Waals surface area contributed by atoms with E-state index in [2.05, 4.69) is 10.9 Å². The molecule has 0 aliphatic rings. The third kappa shape index (κ3) is 5.35. The fourth-order valence-electron chi connectivity index (χ4n) is 2.51. The van der Waals surface area contributed by atoms with Crippen molar-refractivity contribution in [3.8, 4) is 11.8 Å². The second-order valence-electron chi connectivity index (χ2n) is 5.69. The lowest BCUT2D eigenvalue weighted by Gasteiger charge is -2.17. The summed E-state index contributed by atoms with van der Waals surface area (Å²) in [5, 5.41) is 8.99. The van der Waals surface area contributed by atoms with Crippen LogP contribution in [0, 0.1) is 11.3 Å². The van der Waals surface area contributed by atoms with Crippen LogP contribution in [0.1, 0.15) is 36.8 Å². The van der Waals surface area contributed by atoms with Crippen LogP contribution in [0.15, 0.2) is 54.6 Å². The number of para-hydroxylation sites is 1. The topological polar surface area (TPSA) is 91.2 Å². The summed E-state index contributed by atoms with van der Waals surface area (Å²) in [6, 6.07) is 18.1. The van der Waals surface area contributed by atoms with E-state index in [9.17, 15) is 9.59 Å². The maximum atomic E-state index is 12.4. The number of nitriles is 1. The lowest BCUT2D eigenvalue weighted by Crippen LogP contribution is -2.45. The Bertz CT molecular complexity index is 784. The van der Waals surface area contributed by atoms with Crippen LogP contribution in [0.4, 0.5) is 0 Å². The normalized spacial score (nSPS) is 11.1. The number of rotatable bonds is 7. The smallest absolute Gasteiger partial charge is 0.276 e. The highest BCUT2D eigenvalue weighted by atomic mass is 16.5. The highest BCUT2D eigenvalue weighted by molar-refractivity contribution is 5.86. The van der Waals surface area contributed by atoms with Crippen molar-refractivity contribution in [2.45, 2.75) is 25.7 Å². The van der Waals surface area contributed by atoms with E-state index in [0.717, 1.165) is 12.0 Å². The van der Waals surface area contributed by atoms with Gasteiger partial charge < -0.3 is 4.74 Å². The summed E-state index contributed by atoms with van der Waals surface area (Å²) in [5.74, 6) is -0.787. The minimum Gasteiger partial charge on any atom is -0.482 e. The first-order valence-electron chi connectivity index (χ1n) is 8.41. The van der Waals surface area contributed by atoms with E-state index >= 15 is 0 Å². The van der Waals surface area contributed by atoms with Gasteiger partial charge in [-0.3, -0.25) is 20.4 Å². The predicted octanol–water partition coefficient (Wildman–Crippen LogP) is 2.67. The van der Waals surface area contributed by atoms with E-state index < -0.39 is 5.91 Å². The number of nitrogens with zero attached hydrogens (tertiary/aromatic N) is 1. The van der Waals surface area contributed by atoms with E-state index in [1.807, 2.05) is 43.3 Å². The van der Waals surface area contributed by atoms with Crippen molar-refractivity contribution >= 4 is 11.8 Å². The molecule has 0 heterocycles. The summed E-state index contributed by atoms with van der Waals surface area (Å²) in [6.07, 6.45) is 1.52. The molecule has 1 unspecified atom stereocenters. The quantitative estimate of drug-likeness (QED) is 0.750. The molecule has 6 nitrogen and oxygen atoms in total. The minimum atomic E-state index is -0.505. The maximum absolute atomic E-state index is 12.4. The molecule has 0 fully saturated rings. The Morgan fingerprint density at radius 1 is 1.08 bits per heavy atom. The molecule has 0 saturated heterocycles. The molecule has 0 aromatic heterocycles. The third-order valence-corrected chi connectivity index (χ3v) is 3.79. The van der Waals surface area contributed by atoms with Crippen LogP contribution >= 0.6 is 0 Å². The van der Waals surface area contributed by atoms with E-state index in [1.54, 1.807) is 24.3 Å². The van der Waals surface area contributed by atoms with Gasteiger partial charge in [0.2, 0.25) is 5.91 Å². The Balaban J connectivity index is 1.87. The summed E-state index contributed by atoms with van der Waals surface area (Å²) in [4.78, 5) is 24.3. The first-order valence-corrected chi connectivity index (χ1v) is 8.41. The molecule has 6 heteroatoms. The fraction of sp³-hybridized carbons (Fsp3) is 0.250. The van der Waals surface area contributed by atoms with Gasteiger partial charge in [0.25, 0.3) is 5.91 Å². The average Bonchev–Trinajstić information content (AvgIpc) is 2.69. The van der Waals surface area contributed by atoms with Crippen molar-refractivity contribution in [1.82, 2.24) is 10.9 Å².